The summed E-state index contributed by atoms with van der Waals surface area (Å²) in [6.45, 7) is 7.37. The molecule has 0 aromatic carbocycles. The van der Waals surface area contributed by atoms with Gasteiger partial charge in [0.1, 0.15) is 12.2 Å². The highest BCUT2D eigenvalue weighted by atomic mass is 16.5. The van der Waals surface area contributed by atoms with Crippen LogP contribution in [0.3, 0.4) is 0 Å². The maximum Gasteiger partial charge on any atom is 0.335 e. The van der Waals surface area contributed by atoms with E-state index < -0.39 is 11.0 Å². The Hall–Kier alpha value is -2.15. The number of hydrogen-bond donors (Lipinski definition) is 1. The van der Waals surface area contributed by atoms with Crippen LogP contribution in [0.15, 0.2) is 27.6 Å². The number of carbonyl (C=O) groups excluding carboxylic acids is 2. The molecule has 1 N–H and O–H groups in total. The molecule has 9 atom stereocenters. The molecule has 192 valence electrons. The van der Waals surface area contributed by atoms with E-state index in [1.165, 1.54) is 26.2 Å². The monoisotopic (exact) mass is 486 g/mol. The molecule has 1 heterocycles. The lowest BCUT2D eigenvalue weighted by Gasteiger charge is -2.65. The first-order valence-corrected chi connectivity index (χ1v) is 13.1. The summed E-state index contributed by atoms with van der Waals surface area (Å²) in [6, 6.07) is 3.26. The summed E-state index contributed by atoms with van der Waals surface area (Å²) in [6.07, 6.45) is 7.56. The molecule has 0 amide bonds. The van der Waals surface area contributed by atoms with Gasteiger partial charge < -0.3 is 19.0 Å². The highest BCUT2D eigenvalue weighted by Gasteiger charge is 2.70. The maximum absolute atomic E-state index is 12.5. The third kappa shape index (κ3) is 3.76. The van der Waals surface area contributed by atoms with Crippen LogP contribution in [0.2, 0.25) is 0 Å². The van der Waals surface area contributed by atoms with Crippen LogP contribution in [0, 0.1) is 28.6 Å². The predicted octanol–water partition coefficient (Wildman–Crippen LogP) is 4.35. The molecule has 4 aliphatic rings. The van der Waals surface area contributed by atoms with Gasteiger partial charge in [-0.3, -0.25) is 9.59 Å². The van der Waals surface area contributed by atoms with E-state index in [-0.39, 0.29) is 52.9 Å². The number of ether oxygens (including phenoxy) is 2. The second-order valence-electron chi connectivity index (χ2n) is 12.1. The Kier molecular flexibility index (Phi) is 5.93. The standard InChI is InChI=1S/C28H38O7/c1-16(29)34-20-9-11-26(3)19(13-20)6-7-22-25(26)23(35-17(2)30)14-27(4)21(10-12-28(22,27)32)18-5-8-24(31)33-15-18/h5,8,15,19-23,25,32H,6-7,9-14H2,1-4H3. The Morgan fingerprint density at radius 1 is 1.03 bits per heavy atom. The number of rotatable bonds is 3. The Labute approximate surface area is 206 Å². The fourth-order valence-electron chi connectivity index (χ4n) is 9.02. The molecule has 7 heteroatoms. The minimum atomic E-state index is -0.893. The fraction of sp³-hybridized carbons (Fsp3) is 0.750. The molecule has 5 rings (SSSR count). The topological polar surface area (TPSA) is 103 Å². The Morgan fingerprint density at radius 3 is 2.43 bits per heavy atom. The third-order valence-corrected chi connectivity index (χ3v) is 10.5. The Bertz CT molecular complexity index is 1040. The lowest BCUT2D eigenvalue weighted by Crippen LogP contribution is -2.66. The number of fused-ring (bicyclic) bond motifs is 5. The smallest absolute Gasteiger partial charge is 0.335 e. The minimum Gasteiger partial charge on any atom is -0.463 e. The summed E-state index contributed by atoms with van der Waals surface area (Å²) in [5, 5.41) is 12.5. The highest BCUT2D eigenvalue weighted by Crippen LogP contribution is 2.71. The molecule has 0 aliphatic heterocycles. The normalized spacial score (nSPS) is 44.5. The zero-order valence-corrected chi connectivity index (χ0v) is 21.2. The van der Waals surface area contributed by atoms with Crippen molar-refractivity contribution in [3.8, 4) is 0 Å². The van der Waals surface area contributed by atoms with Gasteiger partial charge in [0.2, 0.25) is 0 Å². The van der Waals surface area contributed by atoms with Crippen molar-refractivity contribution in [2.75, 3.05) is 0 Å². The van der Waals surface area contributed by atoms with Crippen LogP contribution in [-0.2, 0) is 19.1 Å². The van der Waals surface area contributed by atoms with Crippen molar-refractivity contribution in [3.05, 3.63) is 34.4 Å². The maximum atomic E-state index is 12.5. The summed E-state index contributed by atoms with van der Waals surface area (Å²) in [4.78, 5) is 35.5. The van der Waals surface area contributed by atoms with Gasteiger partial charge in [0.15, 0.2) is 0 Å². The van der Waals surface area contributed by atoms with Crippen molar-refractivity contribution in [2.24, 2.45) is 28.6 Å². The van der Waals surface area contributed by atoms with Crippen molar-refractivity contribution >= 4 is 11.9 Å². The van der Waals surface area contributed by atoms with Crippen LogP contribution in [0.5, 0.6) is 0 Å². The van der Waals surface area contributed by atoms with Crippen LogP contribution in [0.4, 0.5) is 0 Å². The first-order chi connectivity index (χ1) is 16.5. The molecule has 0 radical (unpaired) electrons. The molecular weight excluding hydrogens is 448 g/mol. The molecule has 4 aliphatic carbocycles. The predicted molar refractivity (Wildman–Crippen MR) is 127 cm³/mol. The highest BCUT2D eigenvalue weighted by molar-refractivity contribution is 5.66. The number of aliphatic hydroxyl groups is 1. The van der Waals surface area contributed by atoms with Crippen molar-refractivity contribution in [1.29, 1.82) is 0 Å². The third-order valence-electron chi connectivity index (χ3n) is 10.5. The second-order valence-corrected chi connectivity index (χ2v) is 12.1. The molecule has 1 aromatic heterocycles. The molecule has 1 aromatic rings. The molecule has 7 nitrogen and oxygen atoms in total. The first kappa shape index (κ1) is 24.5. The van der Waals surface area contributed by atoms with Crippen LogP contribution < -0.4 is 5.63 Å². The van der Waals surface area contributed by atoms with Gasteiger partial charge in [-0.2, -0.15) is 0 Å². The molecule has 4 fully saturated rings. The van der Waals surface area contributed by atoms with E-state index in [9.17, 15) is 19.5 Å². The van der Waals surface area contributed by atoms with Crippen LogP contribution in [-0.4, -0.2) is 34.9 Å². The van der Waals surface area contributed by atoms with Crippen LogP contribution >= 0.6 is 0 Å². The molecule has 0 spiro atoms. The quantitative estimate of drug-likeness (QED) is 0.634. The molecule has 4 saturated carbocycles. The fourth-order valence-corrected chi connectivity index (χ4v) is 9.02. The van der Waals surface area contributed by atoms with Gasteiger partial charge in [-0.25, -0.2) is 4.79 Å². The van der Waals surface area contributed by atoms with E-state index in [2.05, 4.69) is 13.8 Å². The molecule has 9 unspecified atom stereocenters. The van der Waals surface area contributed by atoms with E-state index in [0.717, 1.165) is 44.1 Å². The second kappa shape index (κ2) is 8.46. The van der Waals surface area contributed by atoms with Crippen molar-refractivity contribution < 1.29 is 28.6 Å². The van der Waals surface area contributed by atoms with E-state index >= 15 is 0 Å². The van der Waals surface area contributed by atoms with Crippen molar-refractivity contribution in [1.82, 2.24) is 0 Å². The Morgan fingerprint density at radius 2 is 1.77 bits per heavy atom. The van der Waals surface area contributed by atoms with Gasteiger partial charge in [0.05, 0.1) is 11.9 Å². The minimum absolute atomic E-state index is 0.0119. The summed E-state index contributed by atoms with van der Waals surface area (Å²) < 4.78 is 16.9. The average Bonchev–Trinajstić information content (AvgIpc) is 3.05. The van der Waals surface area contributed by atoms with Gasteiger partial charge in [0.25, 0.3) is 0 Å². The molecule has 0 bridgehead atoms. The van der Waals surface area contributed by atoms with E-state index in [0.29, 0.717) is 18.8 Å². The van der Waals surface area contributed by atoms with Crippen molar-refractivity contribution in [3.63, 3.8) is 0 Å². The zero-order valence-electron chi connectivity index (χ0n) is 21.2. The van der Waals surface area contributed by atoms with Crippen LogP contribution in [0.25, 0.3) is 0 Å². The van der Waals surface area contributed by atoms with E-state index in [1.54, 1.807) is 0 Å². The lowest BCUT2D eigenvalue weighted by atomic mass is 9.42. The first-order valence-electron chi connectivity index (χ1n) is 13.1. The van der Waals surface area contributed by atoms with Gasteiger partial charge in [-0.05, 0) is 86.2 Å². The summed E-state index contributed by atoms with van der Waals surface area (Å²) in [5.41, 5.74) is -0.967. The number of hydrogen-bond acceptors (Lipinski definition) is 7. The van der Waals surface area contributed by atoms with Gasteiger partial charge in [-0.1, -0.05) is 13.8 Å². The summed E-state index contributed by atoms with van der Waals surface area (Å²) in [7, 11) is 0. The molecule has 0 saturated heterocycles. The number of esters is 2. The van der Waals surface area contributed by atoms with Gasteiger partial charge in [0, 0.05) is 31.2 Å². The largest absolute Gasteiger partial charge is 0.463 e. The lowest BCUT2D eigenvalue weighted by molar-refractivity contribution is -0.246. The van der Waals surface area contributed by atoms with E-state index in [4.69, 9.17) is 13.9 Å². The average molecular weight is 487 g/mol. The SMILES string of the molecule is CC(=O)OC1CCC2(C)C(CCC3C2C(OC(C)=O)CC2(C)C(c4ccc(=O)oc4)CCC32O)C1. The van der Waals surface area contributed by atoms with Gasteiger partial charge >= 0.3 is 17.6 Å². The molecule has 35 heavy (non-hydrogen) atoms. The zero-order chi connectivity index (χ0) is 25.2. The van der Waals surface area contributed by atoms with E-state index in [1.807, 2.05) is 6.07 Å². The van der Waals surface area contributed by atoms with Crippen molar-refractivity contribution in [2.45, 2.75) is 103 Å². The summed E-state index contributed by atoms with van der Waals surface area (Å²) >= 11 is 0. The van der Waals surface area contributed by atoms with Crippen LogP contribution in [0.1, 0.15) is 90.5 Å². The summed E-state index contributed by atoms with van der Waals surface area (Å²) in [5.74, 6) is -0.0923. The van der Waals surface area contributed by atoms with Gasteiger partial charge in [-0.15, -0.1) is 0 Å². The number of carbonyl (C=O) groups is 2. The molecular formula is C28H38O7. The Balaban J connectivity index is 1.52.